The molecule has 0 bridgehead atoms. The van der Waals surface area contributed by atoms with Crippen LogP contribution in [0.4, 0.5) is 5.69 Å². The van der Waals surface area contributed by atoms with Crippen molar-refractivity contribution in [1.82, 2.24) is 4.98 Å². The summed E-state index contributed by atoms with van der Waals surface area (Å²) in [4.78, 5) is 28.3. The summed E-state index contributed by atoms with van der Waals surface area (Å²) in [7, 11) is 0. The van der Waals surface area contributed by atoms with Crippen LogP contribution in [0.3, 0.4) is 0 Å². The van der Waals surface area contributed by atoms with Crippen LogP contribution in [0.5, 0.6) is 0 Å². The lowest BCUT2D eigenvalue weighted by Crippen LogP contribution is -2.21. The van der Waals surface area contributed by atoms with Gasteiger partial charge in [0, 0.05) is 21.7 Å². The number of rotatable bonds is 5. The van der Waals surface area contributed by atoms with Crippen LogP contribution < -0.4 is 5.32 Å². The zero-order valence-corrected chi connectivity index (χ0v) is 15.4. The summed E-state index contributed by atoms with van der Waals surface area (Å²) in [5, 5.41) is 5.61. The lowest BCUT2D eigenvalue weighted by molar-refractivity contribution is -0.119. The van der Waals surface area contributed by atoms with Crippen LogP contribution in [0.15, 0.2) is 53.9 Å². The Balaban J connectivity index is 1.57. The Hall–Kier alpha value is -2.70. The van der Waals surface area contributed by atoms with Gasteiger partial charge in [0.05, 0.1) is 0 Å². The quantitative estimate of drug-likeness (QED) is 0.652. The van der Waals surface area contributed by atoms with E-state index >= 15 is 0 Å². The van der Waals surface area contributed by atoms with Gasteiger partial charge in [0.1, 0.15) is 5.01 Å². The average molecular weight is 387 g/mol. The molecular formula is C19H15ClN2O3S. The number of esters is 1. The van der Waals surface area contributed by atoms with E-state index in [0.717, 1.165) is 16.1 Å². The maximum Gasteiger partial charge on any atom is 0.358 e. The van der Waals surface area contributed by atoms with E-state index in [2.05, 4.69) is 10.3 Å². The third-order valence-electron chi connectivity index (χ3n) is 3.53. The minimum absolute atomic E-state index is 0.185. The van der Waals surface area contributed by atoms with Gasteiger partial charge in [-0.2, -0.15) is 0 Å². The molecule has 7 heteroatoms. The fourth-order valence-electron chi connectivity index (χ4n) is 2.24. The SMILES string of the molecule is Cc1cc(Cl)ccc1NC(=O)COC(=O)c1csc(-c2ccccc2)n1. The van der Waals surface area contributed by atoms with Crippen LogP contribution in [-0.2, 0) is 9.53 Å². The second kappa shape index (κ2) is 8.12. The number of hydrogen-bond acceptors (Lipinski definition) is 5. The zero-order chi connectivity index (χ0) is 18.5. The van der Waals surface area contributed by atoms with Crippen molar-refractivity contribution >= 4 is 40.5 Å². The maximum absolute atomic E-state index is 12.1. The number of aryl methyl sites for hydroxylation is 1. The zero-order valence-electron chi connectivity index (χ0n) is 13.9. The molecule has 0 spiro atoms. The monoisotopic (exact) mass is 386 g/mol. The molecule has 3 rings (SSSR count). The average Bonchev–Trinajstić information content (AvgIpc) is 3.13. The molecule has 1 heterocycles. The summed E-state index contributed by atoms with van der Waals surface area (Å²) in [6.45, 7) is 1.44. The minimum Gasteiger partial charge on any atom is -0.451 e. The highest BCUT2D eigenvalue weighted by Gasteiger charge is 2.15. The molecular weight excluding hydrogens is 372 g/mol. The third kappa shape index (κ3) is 4.47. The second-order valence-corrected chi connectivity index (χ2v) is 6.78. The van der Waals surface area contributed by atoms with Crippen LogP contribution in [0.2, 0.25) is 5.02 Å². The number of hydrogen-bond donors (Lipinski definition) is 1. The van der Waals surface area contributed by atoms with E-state index in [9.17, 15) is 9.59 Å². The van der Waals surface area contributed by atoms with Crippen LogP contribution >= 0.6 is 22.9 Å². The highest BCUT2D eigenvalue weighted by Crippen LogP contribution is 2.23. The van der Waals surface area contributed by atoms with Gasteiger partial charge in [-0.25, -0.2) is 9.78 Å². The van der Waals surface area contributed by atoms with Gasteiger partial charge >= 0.3 is 5.97 Å². The number of carbonyl (C=O) groups excluding carboxylic acids is 2. The summed E-state index contributed by atoms with van der Waals surface area (Å²) >= 11 is 7.23. The van der Waals surface area contributed by atoms with Crippen molar-refractivity contribution in [2.45, 2.75) is 6.92 Å². The minimum atomic E-state index is -0.633. The molecule has 1 N–H and O–H groups in total. The number of nitrogens with zero attached hydrogens (tertiary/aromatic N) is 1. The van der Waals surface area contributed by atoms with Gasteiger partial charge in [-0.3, -0.25) is 4.79 Å². The Labute approximate surface area is 159 Å². The van der Waals surface area contributed by atoms with Crippen molar-refractivity contribution in [3.63, 3.8) is 0 Å². The Kier molecular flexibility index (Phi) is 5.65. The number of ether oxygens (including phenoxy) is 1. The molecule has 0 atom stereocenters. The van der Waals surface area contributed by atoms with Crippen molar-refractivity contribution in [2.24, 2.45) is 0 Å². The number of anilines is 1. The van der Waals surface area contributed by atoms with E-state index in [0.29, 0.717) is 10.7 Å². The van der Waals surface area contributed by atoms with Crippen molar-refractivity contribution in [3.05, 3.63) is 70.2 Å². The van der Waals surface area contributed by atoms with Crippen molar-refractivity contribution in [3.8, 4) is 10.6 Å². The van der Waals surface area contributed by atoms with Crippen LogP contribution in [0.25, 0.3) is 10.6 Å². The first-order valence-corrected chi connectivity index (χ1v) is 9.03. The molecule has 0 saturated carbocycles. The van der Waals surface area contributed by atoms with Crippen LogP contribution in [0.1, 0.15) is 16.1 Å². The number of aromatic nitrogens is 1. The topological polar surface area (TPSA) is 68.3 Å². The molecule has 1 amide bonds. The standard InChI is InChI=1S/C19H15ClN2O3S/c1-12-9-14(20)7-8-15(12)21-17(23)10-25-19(24)16-11-26-18(22-16)13-5-3-2-4-6-13/h2-9,11H,10H2,1H3,(H,21,23). The van der Waals surface area contributed by atoms with Crippen molar-refractivity contribution in [2.75, 3.05) is 11.9 Å². The smallest absolute Gasteiger partial charge is 0.358 e. The molecule has 0 radical (unpaired) electrons. The molecule has 0 aliphatic rings. The number of amides is 1. The largest absolute Gasteiger partial charge is 0.451 e. The Morgan fingerprint density at radius 1 is 1.19 bits per heavy atom. The molecule has 0 unspecified atom stereocenters. The fourth-order valence-corrected chi connectivity index (χ4v) is 3.26. The lowest BCUT2D eigenvalue weighted by atomic mass is 10.2. The molecule has 5 nitrogen and oxygen atoms in total. The second-order valence-electron chi connectivity index (χ2n) is 5.49. The number of thiazole rings is 1. The summed E-state index contributed by atoms with van der Waals surface area (Å²) in [5.74, 6) is -1.06. The van der Waals surface area contributed by atoms with Gasteiger partial charge in [0.2, 0.25) is 0 Å². The molecule has 132 valence electrons. The Morgan fingerprint density at radius 3 is 2.69 bits per heavy atom. The van der Waals surface area contributed by atoms with Gasteiger partial charge in [-0.1, -0.05) is 41.9 Å². The first-order valence-electron chi connectivity index (χ1n) is 7.77. The molecule has 26 heavy (non-hydrogen) atoms. The molecule has 0 aliphatic carbocycles. The highest BCUT2D eigenvalue weighted by molar-refractivity contribution is 7.13. The van der Waals surface area contributed by atoms with Crippen molar-refractivity contribution < 1.29 is 14.3 Å². The van der Waals surface area contributed by atoms with E-state index in [-0.39, 0.29) is 12.3 Å². The molecule has 1 aromatic heterocycles. The van der Waals surface area contributed by atoms with E-state index in [4.69, 9.17) is 16.3 Å². The number of halogens is 1. The van der Waals surface area contributed by atoms with Crippen LogP contribution in [0, 0.1) is 6.92 Å². The Morgan fingerprint density at radius 2 is 1.96 bits per heavy atom. The fraction of sp³-hybridized carbons (Fsp3) is 0.105. The maximum atomic E-state index is 12.1. The summed E-state index contributed by atoms with van der Waals surface area (Å²) in [6.07, 6.45) is 0. The summed E-state index contributed by atoms with van der Waals surface area (Å²) < 4.78 is 5.04. The number of nitrogens with one attached hydrogen (secondary N) is 1. The van der Waals surface area contributed by atoms with Crippen molar-refractivity contribution in [1.29, 1.82) is 0 Å². The van der Waals surface area contributed by atoms with Crippen LogP contribution in [-0.4, -0.2) is 23.5 Å². The van der Waals surface area contributed by atoms with Gasteiger partial charge in [-0.05, 0) is 30.7 Å². The molecule has 0 fully saturated rings. The summed E-state index contributed by atoms with van der Waals surface area (Å²) in [6, 6.07) is 14.7. The van der Waals surface area contributed by atoms with E-state index in [1.807, 2.05) is 37.3 Å². The number of carbonyl (C=O) groups is 2. The molecule has 2 aromatic carbocycles. The first kappa shape index (κ1) is 18.1. The Bertz CT molecular complexity index is 941. The molecule has 0 aliphatic heterocycles. The van der Waals surface area contributed by atoms with E-state index in [1.165, 1.54) is 11.3 Å². The van der Waals surface area contributed by atoms with Gasteiger partial charge in [0.15, 0.2) is 12.3 Å². The number of benzene rings is 2. The van der Waals surface area contributed by atoms with Gasteiger partial charge in [-0.15, -0.1) is 11.3 Å². The molecule has 0 saturated heterocycles. The summed E-state index contributed by atoms with van der Waals surface area (Å²) in [5.41, 5.74) is 2.55. The van der Waals surface area contributed by atoms with E-state index in [1.54, 1.807) is 23.6 Å². The van der Waals surface area contributed by atoms with E-state index < -0.39 is 11.9 Å². The lowest BCUT2D eigenvalue weighted by Gasteiger charge is -2.08. The molecule has 3 aromatic rings. The third-order valence-corrected chi connectivity index (χ3v) is 4.66. The predicted octanol–water partition coefficient (Wildman–Crippen LogP) is 4.57. The normalized spacial score (nSPS) is 10.4. The predicted molar refractivity (Wildman–Crippen MR) is 103 cm³/mol. The first-order chi connectivity index (χ1) is 12.5. The van der Waals surface area contributed by atoms with Gasteiger partial charge in [0.25, 0.3) is 5.91 Å². The van der Waals surface area contributed by atoms with Gasteiger partial charge < -0.3 is 10.1 Å². The highest BCUT2D eigenvalue weighted by atomic mass is 35.5.